The number of benzene rings is 1. The van der Waals surface area contributed by atoms with E-state index in [1.165, 1.54) is 6.26 Å². The predicted molar refractivity (Wildman–Crippen MR) is 109 cm³/mol. The molecule has 1 aliphatic rings. The molecule has 1 amide bonds. The van der Waals surface area contributed by atoms with E-state index >= 15 is 0 Å². The van der Waals surface area contributed by atoms with Gasteiger partial charge in [0.25, 0.3) is 5.91 Å². The Hall–Kier alpha value is -3.62. The fraction of sp³-hybridized carbons (Fsp3) is 0.333. The molecular formula is C21H23N5O4. The first-order chi connectivity index (χ1) is 14.6. The van der Waals surface area contributed by atoms with Crippen molar-refractivity contribution in [2.75, 3.05) is 25.4 Å². The van der Waals surface area contributed by atoms with Gasteiger partial charge < -0.3 is 19.8 Å². The maximum Gasteiger partial charge on any atom is 0.310 e. The predicted octanol–water partition coefficient (Wildman–Crippen LogP) is 2.52. The minimum atomic E-state index is -0.311. The summed E-state index contributed by atoms with van der Waals surface area (Å²) >= 11 is 0. The molecule has 0 saturated carbocycles. The Labute approximate surface area is 173 Å². The van der Waals surface area contributed by atoms with Crippen molar-refractivity contribution in [3.05, 3.63) is 48.5 Å². The fourth-order valence-corrected chi connectivity index (χ4v) is 3.57. The summed E-state index contributed by atoms with van der Waals surface area (Å²) in [5, 5.41) is 4.30. The van der Waals surface area contributed by atoms with Gasteiger partial charge in [0.05, 0.1) is 30.0 Å². The molecule has 0 aliphatic carbocycles. The molecule has 0 bridgehead atoms. The zero-order valence-electron chi connectivity index (χ0n) is 16.7. The second-order valence-corrected chi connectivity index (χ2v) is 7.07. The highest BCUT2D eigenvalue weighted by molar-refractivity contribution is 5.93. The number of carbonyl (C=O) groups is 2. The van der Waals surface area contributed by atoms with Crippen molar-refractivity contribution in [3.8, 4) is 17.1 Å². The van der Waals surface area contributed by atoms with Crippen molar-refractivity contribution < 1.29 is 18.7 Å². The SMILES string of the molecule is CCOC(=O)C1CCCN(C(=O)c2coc(-c3cnn(-c4ccccc4)c3N)n2)C1. The Bertz CT molecular complexity index is 1040. The van der Waals surface area contributed by atoms with Crippen LogP contribution in [0.2, 0.25) is 0 Å². The normalized spacial score (nSPS) is 16.4. The molecule has 9 heteroatoms. The molecule has 1 aromatic carbocycles. The molecule has 2 N–H and O–H groups in total. The van der Waals surface area contributed by atoms with Gasteiger partial charge in [0.15, 0.2) is 5.69 Å². The molecule has 0 spiro atoms. The highest BCUT2D eigenvalue weighted by atomic mass is 16.5. The van der Waals surface area contributed by atoms with Crippen LogP contribution in [0.3, 0.4) is 0 Å². The number of nitrogens with two attached hydrogens (primary N) is 1. The van der Waals surface area contributed by atoms with E-state index in [0.717, 1.165) is 12.1 Å². The number of nitrogens with zero attached hydrogens (tertiary/aromatic N) is 4. The summed E-state index contributed by atoms with van der Waals surface area (Å²) in [6.45, 7) is 2.97. The molecule has 4 rings (SSSR count). The van der Waals surface area contributed by atoms with E-state index in [1.54, 1.807) is 22.7 Å². The van der Waals surface area contributed by atoms with Crippen molar-refractivity contribution in [3.63, 3.8) is 0 Å². The number of piperidine rings is 1. The number of esters is 1. The van der Waals surface area contributed by atoms with Crippen molar-refractivity contribution in [1.29, 1.82) is 0 Å². The summed E-state index contributed by atoms with van der Waals surface area (Å²) in [5.41, 5.74) is 7.71. The zero-order chi connectivity index (χ0) is 21.1. The third-order valence-electron chi connectivity index (χ3n) is 5.09. The second-order valence-electron chi connectivity index (χ2n) is 7.07. The third kappa shape index (κ3) is 3.78. The first-order valence-electron chi connectivity index (χ1n) is 9.89. The van der Waals surface area contributed by atoms with Crippen LogP contribution in [0.4, 0.5) is 5.82 Å². The van der Waals surface area contributed by atoms with Gasteiger partial charge in [0.1, 0.15) is 12.1 Å². The lowest BCUT2D eigenvalue weighted by Crippen LogP contribution is -2.42. The van der Waals surface area contributed by atoms with E-state index < -0.39 is 0 Å². The van der Waals surface area contributed by atoms with E-state index in [4.69, 9.17) is 14.9 Å². The minimum absolute atomic E-state index is 0.168. The number of aromatic nitrogens is 3. The van der Waals surface area contributed by atoms with Crippen molar-refractivity contribution in [2.45, 2.75) is 19.8 Å². The lowest BCUT2D eigenvalue weighted by molar-refractivity contribution is -0.149. The van der Waals surface area contributed by atoms with Gasteiger partial charge in [0.2, 0.25) is 5.89 Å². The van der Waals surface area contributed by atoms with Crippen LogP contribution in [-0.2, 0) is 9.53 Å². The lowest BCUT2D eigenvalue weighted by Gasteiger charge is -2.30. The summed E-state index contributed by atoms with van der Waals surface area (Å²) < 4.78 is 12.2. The number of nitrogen functional groups attached to an aromatic ring is 1. The molecule has 1 aliphatic heterocycles. The van der Waals surface area contributed by atoms with Crippen LogP contribution in [0.1, 0.15) is 30.3 Å². The van der Waals surface area contributed by atoms with Gasteiger partial charge in [-0.1, -0.05) is 18.2 Å². The van der Waals surface area contributed by atoms with Gasteiger partial charge >= 0.3 is 5.97 Å². The first kappa shape index (κ1) is 19.7. The third-order valence-corrected chi connectivity index (χ3v) is 5.09. The van der Waals surface area contributed by atoms with Crippen molar-refractivity contribution >= 4 is 17.7 Å². The van der Waals surface area contributed by atoms with Crippen LogP contribution >= 0.6 is 0 Å². The Morgan fingerprint density at radius 1 is 1.30 bits per heavy atom. The average Bonchev–Trinajstić information content (AvgIpc) is 3.41. The topological polar surface area (TPSA) is 116 Å². The van der Waals surface area contributed by atoms with Crippen molar-refractivity contribution in [1.82, 2.24) is 19.7 Å². The quantitative estimate of drug-likeness (QED) is 0.644. The summed E-state index contributed by atoms with van der Waals surface area (Å²) in [5.74, 6) is -0.280. The summed E-state index contributed by atoms with van der Waals surface area (Å²) in [6.07, 6.45) is 4.31. The summed E-state index contributed by atoms with van der Waals surface area (Å²) in [4.78, 5) is 30.8. The number of amides is 1. The largest absolute Gasteiger partial charge is 0.466 e. The first-order valence-corrected chi connectivity index (χ1v) is 9.89. The highest BCUT2D eigenvalue weighted by Gasteiger charge is 2.31. The van der Waals surface area contributed by atoms with E-state index in [2.05, 4.69) is 10.1 Å². The van der Waals surface area contributed by atoms with Gasteiger partial charge in [-0.05, 0) is 31.9 Å². The highest BCUT2D eigenvalue weighted by Crippen LogP contribution is 2.28. The van der Waals surface area contributed by atoms with Crippen LogP contribution in [0.15, 0.2) is 47.2 Å². The van der Waals surface area contributed by atoms with E-state index in [-0.39, 0.29) is 29.4 Å². The fourth-order valence-electron chi connectivity index (χ4n) is 3.57. The van der Waals surface area contributed by atoms with Gasteiger partial charge in [-0.25, -0.2) is 9.67 Å². The molecule has 156 valence electrons. The average molecular weight is 409 g/mol. The van der Waals surface area contributed by atoms with Crippen LogP contribution in [-0.4, -0.2) is 51.2 Å². The van der Waals surface area contributed by atoms with Gasteiger partial charge in [-0.2, -0.15) is 5.10 Å². The maximum absolute atomic E-state index is 12.9. The molecule has 1 saturated heterocycles. The number of anilines is 1. The van der Waals surface area contributed by atoms with Gasteiger partial charge in [-0.15, -0.1) is 0 Å². The van der Waals surface area contributed by atoms with Crippen molar-refractivity contribution in [2.24, 2.45) is 5.92 Å². The van der Waals surface area contributed by atoms with Crippen LogP contribution in [0, 0.1) is 5.92 Å². The zero-order valence-corrected chi connectivity index (χ0v) is 16.7. The number of ether oxygens (including phenoxy) is 1. The monoisotopic (exact) mass is 409 g/mol. The Kier molecular flexibility index (Phi) is 5.51. The Balaban J connectivity index is 1.51. The molecule has 3 aromatic rings. The number of carbonyl (C=O) groups excluding carboxylic acids is 2. The molecule has 30 heavy (non-hydrogen) atoms. The van der Waals surface area contributed by atoms with E-state index in [0.29, 0.717) is 37.5 Å². The standard InChI is InChI=1S/C21H23N5O4/c1-2-29-21(28)14-7-6-10-25(12-14)20(27)17-13-30-19(24-17)16-11-23-26(18(16)22)15-8-4-3-5-9-15/h3-5,8-9,11,13-14H,2,6-7,10,12,22H2,1H3. The molecule has 3 heterocycles. The smallest absolute Gasteiger partial charge is 0.310 e. The van der Waals surface area contributed by atoms with Crippen LogP contribution in [0.25, 0.3) is 17.1 Å². The summed E-state index contributed by atoms with van der Waals surface area (Å²) in [7, 11) is 0. The lowest BCUT2D eigenvalue weighted by atomic mass is 9.98. The van der Waals surface area contributed by atoms with E-state index in [9.17, 15) is 9.59 Å². The minimum Gasteiger partial charge on any atom is -0.466 e. The number of hydrogen-bond acceptors (Lipinski definition) is 7. The Morgan fingerprint density at radius 3 is 2.87 bits per heavy atom. The number of para-hydroxylation sites is 1. The maximum atomic E-state index is 12.9. The molecule has 1 unspecified atom stereocenters. The number of hydrogen-bond donors (Lipinski definition) is 1. The molecular weight excluding hydrogens is 386 g/mol. The molecule has 0 radical (unpaired) electrons. The Morgan fingerprint density at radius 2 is 2.10 bits per heavy atom. The van der Waals surface area contributed by atoms with Gasteiger partial charge in [0, 0.05) is 13.1 Å². The second kappa shape index (κ2) is 8.40. The van der Waals surface area contributed by atoms with Crippen LogP contribution < -0.4 is 5.73 Å². The number of oxazole rings is 1. The van der Waals surface area contributed by atoms with Crippen LogP contribution in [0.5, 0.6) is 0 Å². The van der Waals surface area contributed by atoms with Gasteiger partial charge in [-0.3, -0.25) is 9.59 Å². The number of rotatable bonds is 5. The van der Waals surface area contributed by atoms with E-state index in [1.807, 2.05) is 30.3 Å². The molecule has 1 fully saturated rings. The summed E-state index contributed by atoms with van der Waals surface area (Å²) in [6, 6.07) is 9.45. The number of likely N-dealkylation sites (tertiary alicyclic amines) is 1. The molecule has 1 atom stereocenters. The molecule has 9 nitrogen and oxygen atoms in total. The molecule has 2 aromatic heterocycles.